The number of anilines is 2. The summed E-state index contributed by atoms with van der Waals surface area (Å²) in [5, 5.41) is 8.72. The maximum absolute atomic E-state index is 13.1. The van der Waals surface area contributed by atoms with Gasteiger partial charge in [-0.2, -0.15) is 4.31 Å². The molecule has 1 saturated heterocycles. The molecular weight excluding hydrogens is 422 g/mol. The van der Waals surface area contributed by atoms with E-state index in [1.165, 1.54) is 0 Å². The van der Waals surface area contributed by atoms with Crippen molar-refractivity contribution < 1.29 is 8.42 Å². The summed E-state index contributed by atoms with van der Waals surface area (Å²) < 4.78 is 27.8. The van der Waals surface area contributed by atoms with Gasteiger partial charge in [0.2, 0.25) is 10.0 Å². The number of rotatable bonds is 7. The van der Waals surface area contributed by atoms with E-state index in [1.807, 2.05) is 54.6 Å². The van der Waals surface area contributed by atoms with E-state index in [0.29, 0.717) is 31.1 Å². The van der Waals surface area contributed by atoms with E-state index in [-0.39, 0.29) is 0 Å². The maximum atomic E-state index is 13.1. The van der Waals surface area contributed by atoms with Crippen molar-refractivity contribution in [1.29, 1.82) is 0 Å². The van der Waals surface area contributed by atoms with Gasteiger partial charge in [0.05, 0.1) is 4.90 Å². The Morgan fingerprint density at radius 3 is 1.97 bits per heavy atom. The van der Waals surface area contributed by atoms with E-state index in [4.69, 9.17) is 0 Å². The minimum atomic E-state index is -3.53. The van der Waals surface area contributed by atoms with Gasteiger partial charge in [0.15, 0.2) is 11.6 Å². The maximum Gasteiger partial charge on any atom is 0.243 e. The van der Waals surface area contributed by atoms with Crippen molar-refractivity contribution in [2.45, 2.75) is 18.7 Å². The zero-order valence-corrected chi connectivity index (χ0v) is 19.4. The molecular formula is C24H29N5O2S. The van der Waals surface area contributed by atoms with E-state index < -0.39 is 10.0 Å². The lowest BCUT2D eigenvalue weighted by Crippen LogP contribution is -2.49. The number of hydrogen-bond donors (Lipinski definition) is 0. The Hall–Kier alpha value is -2.97. The molecule has 0 amide bonds. The molecule has 3 aromatic rings. The summed E-state index contributed by atoms with van der Waals surface area (Å²) >= 11 is 0. The first-order valence-corrected chi connectivity index (χ1v) is 12.5. The van der Waals surface area contributed by atoms with Crippen LogP contribution >= 0.6 is 0 Å². The second-order valence-corrected chi connectivity index (χ2v) is 9.64. The van der Waals surface area contributed by atoms with Crippen LogP contribution in [0.4, 0.5) is 11.6 Å². The lowest BCUT2D eigenvalue weighted by Gasteiger charge is -2.34. The minimum absolute atomic E-state index is 0.328. The number of nitrogens with zero attached hydrogens (tertiary/aromatic N) is 5. The molecule has 2 aromatic carbocycles. The zero-order chi connectivity index (χ0) is 22.6. The monoisotopic (exact) mass is 451 g/mol. The van der Waals surface area contributed by atoms with E-state index in [0.717, 1.165) is 35.9 Å². The predicted molar refractivity (Wildman–Crippen MR) is 128 cm³/mol. The van der Waals surface area contributed by atoms with Crippen molar-refractivity contribution in [2.24, 2.45) is 0 Å². The van der Waals surface area contributed by atoms with Gasteiger partial charge in [-0.3, -0.25) is 0 Å². The third-order valence-corrected chi connectivity index (χ3v) is 7.80. The smallest absolute Gasteiger partial charge is 0.243 e. The zero-order valence-electron chi connectivity index (χ0n) is 18.6. The summed E-state index contributed by atoms with van der Waals surface area (Å²) in [6.45, 7) is 7.95. The summed E-state index contributed by atoms with van der Waals surface area (Å²) in [5.41, 5.74) is 2.07. The highest BCUT2D eigenvalue weighted by molar-refractivity contribution is 7.89. The summed E-state index contributed by atoms with van der Waals surface area (Å²) in [7, 11) is -3.53. The van der Waals surface area contributed by atoms with Crippen LogP contribution in [-0.4, -0.2) is 62.2 Å². The molecule has 168 valence electrons. The third kappa shape index (κ3) is 4.61. The Labute approximate surface area is 190 Å². The van der Waals surface area contributed by atoms with Gasteiger partial charge in [-0.15, -0.1) is 10.2 Å². The summed E-state index contributed by atoms with van der Waals surface area (Å²) in [6.07, 6.45) is 0. The number of benzene rings is 2. The highest BCUT2D eigenvalue weighted by Gasteiger charge is 2.29. The Balaban J connectivity index is 1.41. The van der Waals surface area contributed by atoms with Crippen molar-refractivity contribution in [3.05, 3.63) is 66.7 Å². The fourth-order valence-electron chi connectivity index (χ4n) is 3.96. The molecule has 0 bridgehead atoms. The van der Waals surface area contributed by atoms with Crippen molar-refractivity contribution in [3.63, 3.8) is 0 Å². The van der Waals surface area contributed by atoms with E-state index in [9.17, 15) is 8.42 Å². The van der Waals surface area contributed by atoms with Crippen LogP contribution in [0.1, 0.15) is 13.8 Å². The van der Waals surface area contributed by atoms with Gasteiger partial charge in [0.25, 0.3) is 0 Å². The Morgan fingerprint density at radius 1 is 0.781 bits per heavy atom. The van der Waals surface area contributed by atoms with Crippen LogP contribution in [0.5, 0.6) is 0 Å². The lowest BCUT2D eigenvalue weighted by molar-refractivity contribution is 0.383. The number of aromatic nitrogens is 2. The molecule has 2 heterocycles. The number of sulfonamides is 1. The van der Waals surface area contributed by atoms with Gasteiger partial charge in [0, 0.05) is 39.3 Å². The molecule has 0 N–H and O–H groups in total. The van der Waals surface area contributed by atoms with Crippen LogP contribution in [0, 0.1) is 0 Å². The van der Waals surface area contributed by atoms with Gasteiger partial charge in [-0.1, -0.05) is 42.5 Å². The average molecular weight is 452 g/mol. The first-order valence-electron chi connectivity index (χ1n) is 11.0. The normalized spacial score (nSPS) is 15.0. The van der Waals surface area contributed by atoms with E-state index in [2.05, 4.69) is 33.8 Å². The van der Waals surface area contributed by atoms with Crippen molar-refractivity contribution in [3.8, 4) is 11.1 Å². The van der Waals surface area contributed by atoms with Crippen LogP contribution in [0.15, 0.2) is 71.6 Å². The molecule has 7 nitrogen and oxygen atoms in total. The van der Waals surface area contributed by atoms with Crippen LogP contribution in [0.3, 0.4) is 0 Å². The number of hydrogen-bond acceptors (Lipinski definition) is 6. The first kappa shape index (κ1) is 22.2. The SMILES string of the molecule is CCN(CC)c1ccc(N2CCN(S(=O)(=O)c3ccc(-c4ccccc4)cc3)CC2)nn1. The summed E-state index contributed by atoms with van der Waals surface area (Å²) in [5.74, 6) is 1.64. The van der Waals surface area contributed by atoms with Gasteiger partial charge >= 0.3 is 0 Å². The minimum Gasteiger partial charge on any atom is -0.356 e. The molecule has 32 heavy (non-hydrogen) atoms. The Bertz CT molecular complexity index is 1110. The van der Waals surface area contributed by atoms with Gasteiger partial charge in [-0.05, 0) is 49.2 Å². The van der Waals surface area contributed by atoms with Crippen molar-refractivity contribution in [2.75, 3.05) is 49.1 Å². The standard InChI is InChI=1S/C24H29N5O2S/c1-3-27(4-2)23-14-15-24(26-25-23)28-16-18-29(19-17-28)32(30,31)22-12-10-21(11-13-22)20-8-6-5-7-9-20/h5-15H,3-4,16-19H2,1-2H3. The molecule has 0 spiro atoms. The molecule has 8 heteroatoms. The third-order valence-electron chi connectivity index (χ3n) is 5.89. The van der Waals surface area contributed by atoms with E-state index in [1.54, 1.807) is 16.4 Å². The predicted octanol–water partition coefficient (Wildman–Crippen LogP) is 3.50. The largest absolute Gasteiger partial charge is 0.356 e. The average Bonchev–Trinajstić information content (AvgIpc) is 2.86. The highest BCUT2D eigenvalue weighted by atomic mass is 32.2. The quantitative estimate of drug-likeness (QED) is 0.548. The Morgan fingerprint density at radius 2 is 1.41 bits per heavy atom. The first-order chi connectivity index (χ1) is 15.5. The van der Waals surface area contributed by atoms with Crippen LogP contribution in [-0.2, 0) is 10.0 Å². The van der Waals surface area contributed by atoms with E-state index >= 15 is 0 Å². The van der Waals surface area contributed by atoms with Crippen molar-refractivity contribution in [1.82, 2.24) is 14.5 Å². The van der Waals surface area contributed by atoms with Crippen LogP contribution in [0.25, 0.3) is 11.1 Å². The molecule has 0 aliphatic carbocycles. The summed E-state index contributed by atoms with van der Waals surface area (Å²) in [6, 6.07) is 21.0. The highest BCUT2D eigenvalue weighted by Crippen LogP contribution is 2.24. The lowest BCUT2D eigenvalue weighted by atomic mass is 10.1. The van der Waals surface area contributed by atoms with Gasteiger partial charge in [-0.25, -0.2) is 8.42 Å². The Kier molecular flexibility index (Phi) is 6.72. The molecule has 4 rings (SSSR count). The molecule has 1 fully saturated rings. The molecule has 1 aliphatic rings. The fourth-order valence-corrected chi connectivity index (χ4v) is 5.38. The molecule has 0 unspecified atom stereocenters. The molecule has 0 saturated carbocycles. The summed E-state index contributed by atoms with van der Waals surface area (Å²) in [4.78, 5) is 4.56. The second kappa shape index (κ2) is 9.67. The number of piperazine rings is 1. The van der Waals surface area contributed by atoms with Gasteiger partial charge < -0.3 is 9.80 Å². The molecule has 1 aromatic heterocycles. The van der Waals surface area contributed by atoms with Gasteiger partial charge in [0.1, 0.15) is 0 Å². The molecule has 0 radical (unpaired) electrons. The topological polar surface area (TPSA) is 69.6 Å². The van der Waals surface area contributed by atoms with Crippen LogP contribution < -0.4 is 9.80 Å². The second-order valence-electron chi connectivity index (χ2n) is 7.70. The molecule has 1 aliphatic heterocycles. The van der Waals surface area contributed by atoms with Crippen molar-refractivity contribution >= 4 is 21.7 Å². The molecule has 0 atom stereocenters. The van der Waals surface area contributed by atoms with Crippen LogP contribution in [0.2, 0.25) is 0 Å². The fraction of sp³-hybridized carbons (Fsp3) is 0.333.